The Morgan fingerprint density at radius 1 is 1.04 bits per heavy atom. The summed E-state index contributed by atoms with van der Waals surface area (Å²) in [6.07, 6.45) is 2.64. The monoisotopic (exact) mass is 375 g/mol. The summed E-state index contributed by atoms with van der Waals surface area (Å²) in [6.45, 7) is -0.315. The Morgan fingerprint density at radius 3 is 2.64 bits per heavy atom. The number of carbonyl (C=O) groups excluding carboxylic acids is 2. The molecule has 0 saturated heterocycles. The van der Waals surface area contributed by atoms with E-state index in [1.165, 1.54) is 12.1 Å². The lowest BCUT2D eigenvalue weighted by Crippen LogP contribution is -2.14. The second-order valence-electron chi connectivity index (χ2n) is 5.57. The maximum absolute atomic E-state index is 12.0. The summed E-state index contributed by atoms with van der Waals surface area (Å²) in [4.78, 5) is 27.1. The van der Waals surface area contributed by atoms with Crippen LogP contribution in [0.5, 0.6) is 0 Å². The van der Waals surface area contributed by atoms with Crippen molar-refractivity contribution in [3.63, 3.8) is 0 Å². The minimum Gasteiger partial charge on any atom is -0.457 e. The van der Waals surface area contributed by atoms with Gasteiger partial charge in [-0.1, -0.05) is 41.4 Å². The Bertz CT molecular complexity index is 933. The first kappa shape index (κ1) is 17.5. The van der Waals surface area contributed by atoms with Crippen LogP contribution < -0.4 is 0 Å². The summed E-state index contributed by atoms with van der Waals surface area (Å²) in [5.74, 6) is -0.738. The Morgan fingerprint density at radius 2 is 1.84 bits per heavy atom. The molecule has 0 spiro atoms. The van der Waals surface area contributed by atoms with Gasteiger partial charge in [-0.2, -0.15) is 0 Å². The standard InChI is InChI=1S/C19H15Cl2NO3/c20-15-7-5-12(9-16(15)21)18(23)11-25-19(24)8-6-13-10-22-17-4-2-1-3-14(13)17/h1-5,7,9-10,22H,6,8,11H2. The van der Waals surface area contributed by atoms with Gasteiger partial charge in [-0.3, -0.25) is 9.59 Å². The van der Waals surface area contributed by atoms with E-state index in [-0.39, 0.29) is 23.8 Å². The second-order valence-corrected chi connectivity index (χ2v) is 6.39. The molecule has 1 N–H and O–H groups in total. The lowest BCUT2D eigenvalue weighted by molar-refractivity contribution is -0.142. The zero-order valence-electron chi connectivity index (χ0n) is 13.2. The van der Waals surface area contributed by atoms with Gasteiger partial charge in [0.15, 0.2) is 12.4 Å². The number of rotatable bonds is 6. The fourth-order valence-corrected chi connectivity index (χ4v) is 2.84. The van der Waals surface area contributed by atoms with Crippen LogP contribution in [-0.2, 0) is 16.0 Å². The number of aromatic nitrogens is 1. The molecule has 0 bridgehead atoms. The summed E-state index contributed by atoms with van der Waals surface area (Å²) < 4.78 is 5.06. The van der Waals surface area contributed by atoms with Crippen molar-refractivity contribution >= 4 is 45.9 Å². The molecular weight excluding hydrogens is 361 g/mol. The van der Waals surface area contributed by atoms with Gasteiger partial charge in [-0.25, -0.2) is 0 Å². The lowest BCUT2D eigenvalue weighted by Gasteiger charge is -2.05. The number of hydrogen-bond donors (Lipinski definition) is 1. The third-order valence-electron chi connectivity index (χ3n) is 3.88. The number of hydrogen-bond acceptors (Lipinski definition) is 3. The zero-order valence-corrected chi connectivity index (χ0v) is 14.7. The number of ether oxygens (including phenoxy) is 1. The quantitative estimate of drug-likeness (QED) is 0.495. The Hall–Kier alpha value is -2.30. The van der Waals surface area contributed by atoms with Crippen molar-refractivity contribution in [2.24, 2.45) is 0 Å². The van der Waals surface area contributed by atoms with E-state index >= 15 is 0 Å². The van der Waals surface area contributed by atoms with Crippen molar-refractivity contribution in [2.45, 2.75) is 12.8 Å². The third-order valence-corrected chi connectivity index (χ3v) is 4.62. The molecule has 0 amide bonds. The number of fused-ring (bicyclic) bond motifs is 1. The molecule has 0 aliphatic carbocycles. The summed E-state index contributed by atoms with van der Waals surface area (Å²) in [7, 11) is 0. The number of aryl methyl sites for hydroxylation is 1. The SMILES string of the molecule is O=C(CCc1c[nH]c2ccccc12)OCC(=O)c1ccc(Cl)c(Cl)c1. The number of nitrogens with one attached hydrogen (secondary N) is 1. The molecule has 0 aliphatic rings. The summed E-state index contributed by atoms with van der Waals surface area (Å²) in [5, 5.41) is 1.74. The minimum atomic E-state index is -0.418. The van der Waals surface area contributed by atoms with Gasteiger partial charge in [0, 0.05) is 29.1 Å². The highest BCUT2D eigenvalue weighted by molar-refractivity contribution is 6.42. The molecule has 25 heavy (non-hydrogen) atoms. The van der Waals surface area contributed by atoms with Gasteiger partial charge in [-0.05, 0) is 36.2 Å². The van der Waals surface area contributed by atoms with E-state index in [0.29, 0.717) is 17.0 Å². The number of aromatic amines is 1. The van der Waals surface area contributed by atoms with Crippen molar-refractivity contribution in [1.82, 2.24) is 4.98 Å². The second kappa shape index (κ2) is 7.72. The molecule has 0 aliphatic heterocycles. The molecule has 1 aromatic heterocycles. The molecule has 3 rings (SSSR count). The Balaban J connectivity index is 1.52. The van der Waals surface area contributed by atoms with Crippen LogP contribution in [0.1, 0.15) is 22.3 Å². The topological polar surface area (TPSA) is 59.2 Å². The van der Waals surface area contributed by atoms with Crippen LogP contribution in [-0.4, -0.2) is 23.3 Å². The molecule has 0 saturated carbocycles. The van der Waals surface area contributed by atoms with Crippen LogP contribution in [0.3, 0.4) is 0 Å². The van der Waals surface area contributed by atoms with Crippen molar-refractivity contribution in [2.75, 3.05) is 6.61 Å². The molecule has 0 radical (unpaired) electrons. The predicted octanol–water partition coefficient (Wildman–Crippen LogP) is 4.83. The normalized spacial score (nSPS) is 10.8. The van der Waals surface area contributed by atoms with Crippen LogP contribution in [0.4, 0.5) is 0 Å². The Kier molecular flexibility index (Phi) is 5.41. The number of benzene rings is 2. The number of H-pyrrole nitrogens is 1. The number of esters is 1. The highest BCUT2D eigenvalue weighted by Crippen LogP contribution is 2.23. The van der Waals surface area contributed by atoms with Crippen LogP contribution in [0, 0.1) is 0 Å². The van der Waals surface area contributed by atoms with Gasteiger partial charge >= 0.3 is 5.97 Å². The smallest absolute Gasteiger partial charge is 0.306 e. The number of ketones is 1. The van der Waals surface area contributed by atoms with Gasteiger partial charge in [0.1, 0.15) is 0 Å². The molecule has 128 valence electrons. The first-order chi connectivity index (χ1) is 12.0. The van der Waals surface area contributed by atoms with E-state index in [0.717, 1.165) is 16.5 Å². The molecule has 2 aromatic carbocycles. The summed E-state index contributed by atoms with van der Waals surface area (Å²) in [6, 6.07) is 12.4. The van der Waals surface area contributed by atoms with Crippen LogP contribution in [0.15, 0.2) is 48.7 Å². The number of halogens is 2. The third kappa shape index (κ3) is 4.21. The highest BCUT2D eigenvalue weighted by atomic mass is 35.5. The zero-order chi connectivity index (χ0) is 17.8. The summed E-state index contributed by atoms with van der Waals surface area (Å²) >= 11 is 11.7. The maximum Gasteiger partial charge on any atom is 0.306 e. The average Bonchev–Trinajstić information content (AvgIpc) is 3.03. The molecule has 6 heteroatoms. The fraction of sp³-hybridized carbons (Fsp3) is 0.158. The number of carbonyl (C=O) groups is 2. The molecular formula is C19H15Cl2NO3. The van der Waals surface area contributed by atoms with E-state index in [1.807, 2.05) is 30.5 Å². The van der Waals surface area contributed by atoms with E-state index in [9.17, 15) is 9.59 Å². The Labute approximate surface area is 154 Å². The molecule has 4 nitrogen and oxygen atoms in total. The first-order valence-electron chi connectivity index (χ1n) is 7.73. The largest absolute Gasteiger partial charge is 0.457 e. The predicted molar refractivity (Wildman–Crippen MR) is 98.4 cm³/mol. The lowest BCUT2D eigenvalue weighted by atomic mass is 10.1. The first-order valence-corrected chi connectivity index (χ1v) is 8.49. The van der Waals surface area contributed by atoms with Crippen molar-refractivity contribution in [3.8, 4) is 0 Å². The summed E-state index contributed by atoms with van der Waals surface area (Å²) in [5.41, 5.74) is 2.43. The van der Waals surface area contributed by atoms with Gasteiger partial charge < -0.3 is 9.72 Å². The van der Waals surface area contributed by atoms with Gasteiger partial charge in [0.05, 0.1) is 10.0 Å². The molecule has 1 heterocycles. The van der Waals surface area contributed by atoms with Gasteiger partial charge in [0.2, 0.25) is 0 Å². The van der Waals surface area contributed by atoms with Crippen LogP contribution in [0.2, 0.25) is 10.0 Å². The van der Waals surface area contributed by atoms with Gasteiger partial charge in [-0.15, -0.1) is 0 Å². The van der Waals surface area contributed by atoms with Crippen molar-refractivity contribution in [1.29, 1.82) is 0 Å². The minimum absolute atomic E-state index is 0.205. The van der Waals surface area contributed by atoms with Crippen molar-refractivity contribution < 1.29 is 14.3 Å². The highest BCUT2D eigenvalue weighted by Gasteiger charge is 2.12. The fourth-order valence-electron chi connectivity index (χ4n) is 2.55. The van der Waals surface area contributed by atoms with E-state index in [2.05, 4.69) is 4.98 Å². The van der Waals surface area contributed by atoms with Crippen LogP contribution in [0.25, 0.3) is 10.9 Å². The van der Waals surface area contributed by atoms with Crippen LogP contribution >= 0.6 is 23.2 Å². The van der Waals surface area contributed by atoms with Crippen molar-refractivity contribution in [3.05, 3.63) is 69.8 Å². The molecule has 0 fully saturated rings. The number of Topliss-reactive ketones (excluding diaryl/α,β-unsaturated/α-hetero) is 1. The van der Waals surface area contributed by atoms with E-state index in [1.54, 1.807) is 6.07 Å². The van der Waals surface area contributed by atoms with E-state index < -0.39 is 5.97 Å². The molecule has 0 unspecified atom stereocenters. The maximum atomic E-state index is 12.0. The average molecular weight is 376 g/mol. The molecule has 0 atom stereocenters. The van der Waals surface area contributed by atoms with Gasteiger partial charge in [0.25, 0.3) is 0 Å². The molecule has 3 aromatic rings. The number of para-hydroxylation sites is 1. The van der Waals surface area contributed by atoms with E-state index in [4.69, 9.17) is 27.9 Å².